The van der Waals surface area contributed by atoms with Crippen LogP contribution in [0, 0.1) is 0 Å². The summed E-state index contributed by atoms with van der Waals surface area (Å²) in [7, 11) is 0. The summed E-state index contributed by atoms with van der Waals surface area (Å²) in [5.74, 6) is -0.455. The lowest BCUT2D eigenvalue weighted by atomic mass is 10.1. The molecule has 0 spiro atoms. The number of hydrogen-bond donors (Lipinski definition) is 4. The van der Waals surface area contributed by atoms with Crippen molar-refractivity contribution in [2.24, 2.45) is 5.73 Å². The van der Waals surface area contributed by atoms with E-state index in [1.807, 2.05) is 30.3 Å². The van der Waals surface area contributed by atoms with Crippen LogP contribution in [-0.2, 0) is 16.1 Å². The predicted octanol–water partition coefficient (Wildman–Crippen LogP) is -0.263. The molecule has 7 heteroatoms. The smallest absolute Gasteiger partial charge is 0.312 e. The first kappa shape index (κ1) is 16.9. The molecular formula is C14H21N3O4. The van der Waals surface area contributed by atoms with E-state index >= 15 is 0 Å². The van der Waals surface area contributed by atoms with Crippen LogP contribution in [0.3, 0.4) is 0 Å². The lowest BCUT2D eigenvalue weighted by Crippen LogP contribution is -2.54. The lowest BCUT2D eigenvalue weighted by molar-refractivity contribution is -0.126. The van der Waals surface area contributed by atoms with E-state index in [0.717, 1.165) is 5.56 Å². The van der Waals surface area contributed by atoms with Crippen LogP contribution < -0.4 is 16.4 Å². The van der Waals surface area contributed by atoms with E-state index in [9.17, 15) is 9.59 Å². The van der Waals surface area contributed by atoms with Crippen LogP contribution in [0.2, 0.25) is 0 Å². The minimum Gasteiger partial charge on any atom is -0.395 e. The van der Waals surface area contributed by atoms with E-state index in [2.05, 4.69) is 10.6 Å². The van der Waals surface area contributed by atoms with Crippen LogP contribution >= 0.6 is 0 Å². The maximum Gasteiger partial charge on any atom is 0.312 e. The van der Waals surface area contributed by atoms with E-state index in [1.54, 1.807) is 6.92 Å². The Morgan fingerprint density at radius 3 is 2.57 bits per heavy atom. The Balaban J connectivity index is 2.59. The number of urea groups is 1. The fourth-order valence-electron chi connectivity index (χ4n) is 1.74. The molecule has 0 aliphatic heterocycles. The highest BCUT2D eigenvalue weighted by Gasteiger charge is 2.26. The molecule has 21 heavy (non-hydrogen) atoms. The van der Waals surface area contributed by atoms with Gasteiger partial charge in [-0.05, 0) is 12.5 Å². The highest BCUT2D eigenvalue weighted by molar-refractivity contribution is 5.87. The standard InChI is InChI=1S/C14H21N3O4/c1-10(21-9-11-5-3-2-4-6-11)12(17-14(15)20)13(19)16-7-8-18/h2-6,10,12,18H,7-9H2,1H3,(H,16,19)(H3,15,17,20). The molecule has 3 amide bonds. The summed E-state index contributed by atoms with van der Waals surface area (Å²) in [5.41, 5.74) is 6.03. The van der Waals surface area contributed by atoms with Crippen LogP contribution in [0.5, 0.6) is 0 Å². The molecular weight excluding hydrogens is 274 g/mol. The van der Waals surface area contributed by atoms with Crippen LogP contribution in [0.4, 0.5) is 4.79 Å². The molecule has 0 aromatic heterocycles. The first-order valence-corrected chi connectivity index (χ1v) is 6.64. The number of benzene rings is 1. The quantitative estimate of drug-likeness (QED) is 0.529. The monoisotopic (exact) mass is 295 g/mol. The summed E-state index contributed by atoms with van der Waals surface area (Å²) in [4.78, 5) is 22.9. The van der Waals surface area contributed by atoms with Crippen molar-refractivity contribution in [3.63, 3.8) is 0 Å². The average molecular weight is 295 g/mol. The number of amides is 3. The van der Waals surface area contributed by atoms with Crippen molar-refractivity contribution in [2.45, 2.75) is 25.7 Å². The van der Waals surface area contributed by atoms with Gasteiger partial charge >= 0.3 is 6.03 Å². The molecule has 0 aliphatic carbocycles. The third-order valence-electron chi connectivity index (χ3n) is 2.82. The molecule has 0 aliphatic rings. The molecule has 2 unspecified atom stereocenters. The van der Waals surface area contributed by atoms with Crippen LogP contribution in [0.15, 0.2) is 30.3 Å². The number of ether oxygens (including phenoxy) is 1. The molecule has 0 saturated carbocycles. The van der Waals surface area contributed by atoms with E-state index in [1.165, 1.54) is 0 Å². The zero-order chi connectivity index (χ0) is 15.7. The Bertz CT molecular complexity index is 453. The van der Waals surface area contributed by atoms with E-state index < -0.39 is 24.1 Å². The van der Waals surface area contributed by atoms with Crippen molar-refractivity contribution < 1.29 is 19.4 Å². The van der Waals surface area contributed by atoms with Crippen LogP contribution in [0.25, 0.3) is 0 Å². The molecule has 1 rings (SSSR count). The van der Waals surface area contributed by atoms with Gasteiger partial charge in [0.25, 0.3) is 0 Å². The van der Waals surface area contributed by atoms with Gasteiger partial charge < -0.3 is 26.2 Å². The van der Waals surface area contributed by atoms with Gasteiger partial charge in [-0.2, -0.15) is 0 Å². The third kappa shape index (κ3) is 6.24. The Morgan fingerprint density at radius 2 is 2.00 bits per heavy atom. The number of carbonyl (C=O) groups excluding carboxylic acids is 2. The maximum absolute atomic E-state index is 11.9. The largest absolute Gasteiger partial charge is 0.395 e. The van der Waals surface area contributed by atoms with Gasteiger partial charge in [-0.3, -0.25) is 4.79 Å². The second kappa shape index (κ2) is 8.93. The molecule has 1 aromatic rings. The summed E-state index contributed by atoms with van der Waals surface area (Å²) in [6.45, 7) is 1.89. The second-order valence-electron chi connectivity index (χ2n) is 4.50. The zero-order valence-electron chi connectivity index (χ0n) is 11.9. The van der Waals surface area contributed by atoms with Gasteiger partial charge in [-0.15, -0.1) is 0 Å². The number of nitrogens with one attached hydrogen (secondary N) is 2. The van der Waals surface area contributed by atoms with Gasteiger partial charge in [-0.25, -0.2) is 4.79 Å². The predicted molar refractivity (Wildman–Crippen MR) is 77.3 cm³/mol. The minimum atomic E-state index is -0.919. The number of aliphatic hydroxyl groups excluding tert-OH is 1. The van der Waals surface area contributed by atoms with Gasteiger partial charge in [-0.1, -0.05) is 30.3 Å². The molecule has 0 bridgehead atoms. The van der Waals surface area contributed by atoms with Gasteiger partial charge in [0.15, 0.2) is 0 Å². The molecule has 1 aromatic carbocycles. The number of hydrogen-bond acceptors (Lipinski definition) is 4. The van der Waals surface area contributed by atoms with Crippen LogP contribution in [0.1, 0.15) is 12.5 Å². The zero-order valence-corrected chi connectivity index (χ0v) is 11.9. The fourth-order valence-corrected chi connectivity index (χ4v) is 1.74. The first-order valence-electron chi connectivity index (χ1n) is 6.64. The molecule has 0 heterocycles. The van der Waals surface area contributed by atoms with Crippen molar-refractivity contribution in [3.8, 4) is 0 Å². The van der Waals surface area contributed by atoms with Gasteiger partial charge in [0, 0.05) is 6.54 Å². The summed E-state index contributed by atoms with van der Waals surface area (Å²) in [6.07, 6.45) is -0.573. The normalized spacial score (nSPS) is 13.2. The molecule has 2 atom stereocenters. The average Bonchev–Trinajstić information content (AvgIpc) is 2.48. The van der Waals surface area contributed by atoms with E-state index in [-0.39, 0.29) is 13.2 Å². The molecule has 116 valence electrons. The topological polar surface area (TPSA) is 114 Å². The van der Waals surface area contributed by atoms with Crippen molar-refractivity contribution in [1.29, 1.82) is 0 Å². The molecule has 5 N–H and O–H groups in total. The maximum atomic E-state index is 11.9. The highest BCUT2D eigenvalue weighted by atomic mass is 16.5. The number of primary amides is 1. The first-order chi connectivity index (χ1) is 10.0. The molecule has 0 fully saturated rings. The van der Waals surface area contributed by atoms with Crippen molar-refractivity contribution in [3.05, 3.63) is 35.9 Å². The summed E-state index contributed by atoms with van der Waals surface area (Å²) in [6, 6.07) is 7.73. The fraction of sp³-hybridized carbons (Fsp3) is 0.429. The van der Waals surface area contributed by atoms with Crippen molar-refractivity contribution in [2.75, 3.05) is 13.2 Å². The van der Waals surface area contributed by atoms with Gasteiger partial charge in [0.05, 0.1) is 19.3 Å². The molecule has 0 radical (unpaired) electrons. The van der Waals surface area contributed by atoms with E-state index in [0.29, 0.717) is 6.61 Å². The minimum absolute atomic E-state index is 0.0984. The van der Waals surface area contributed by atoms with Gasteiger partial charge in [0.1, 0.15) is 6.04 Å². The Morgan fingerprint density at radius 1 is 1.33 bits per heavy atom. The van der Waals surface area contributed by atoms with Gasteiger partial charge in [0.2, 0.25) is 5.91 Å². The van der Waals surface area contributed by atoms with E-state index in [4.69, 9.17) is 15.6 Å². The van der Waals surface area contributed by atoms with Crippen molar-refractivity contribution in [1.82, 2.24) is 10.6 Å². The number of aliphatic hydroxyl groups is 1. The Hall–Kier alpha value is -2.12. The molecule has 7 nitrogen and oxygen atoms in total. The third-order valence-corrected chi connectivity index (χ3v) is 2.82. The SMILES string of the molecule is CC(OCc1ccccc1)C(NC(N)=O)C(=O)NCCO. The number of carbonyl (C=O) groups is 2. The Kier molecular flexibility index (Phi) is 7.20. The number of rotatable bonds is 8. The summed E-state index contributed by atoms with van der Waals surface area (Å²) in [5, 5.41) is 13.5. The molecule has 0 saturated heterocycles. The Labute approximate surface area is 123 Å². The van der Waals surface area contributed by atoms with Crippen molar-refractivity contribution >= 4 is 11.9 Å². The number of nitrogens with two attached hydrogens (primary N) is 1. The second-order valence-corrected chi connectivity index (χ2v) is 4.50. The lowest BCUT2D eigenvalue weighted by Gasteiger charge is -2.23. The highest BCUT2D eigenvalue weighted by Crippen LogP contribution is 2.06. The summed E-state index contributed by atoms with van der Waals surface area (Å²) < 4.78 is 5.60. The van der Waals surface area contributed by atoms with Crippen LogP contribution in [-0.4, -0.2) is 42.3 Å². The summed E-state index contributed by atoms with van der Waals surface area (Å²) >= 11 is 0.